The third-order valence-corrected chi connectivity index (χ3v) is 5.02. The smallest absolute Gasteiger partial charge is 0.190 e. The number of rotatable bonds is 4. The van der Waals surface area contributed by atoms with Crippen molar-refractivity contribution in [3.05, 3.63) is 16.1 Å². The monoisotopic (exact) mass is 286 g/mol. The average Bonchev–Trinajstić information content (AvgIpc) is 2.71. The Morgan fingerprint density at radius 1 is 1.41 bits per heavy atom. The summed E-state index contributed by atoms with van der Waals surface area (Å²) in [4.78, 5) is 11.2. The largest absolute Gasteiger partial charge is 0.211 e. The first-order valence-corrected chi connectivity index (χ1v) is 7.89. The van der Waals surface area contributed by atoms with Crippen molar-refractivity contribution in [3.8, 4) is 0 Å². The highest BCUT2D eigenvalue weighted by atomic mass is 35.5. The predicted octanol–water partition coefficient (Wildman–Crippen LogP) is 4.97. The van der Waals surface area contributed by atoms with Crippen molar-refractivity contribution in [2.24, 2.45) is 0 Å². The first-order valence-electron chi connectivity index (χ1n) is 5.71. The minimum absolute atomic E-state index is 0.511. The Morgan fingerprint density at radius 3 is 2.82 bits per heavy atom. The summed E-state index contributed by atoms with van der Waals surface area (Å²) in [7, 11) is 0. The summed E-state index contributed by atoms with van der Waals surface area (Å²) >= 11 is 9.59. The molecule has 0 aliphatic rings. The van der Waals surface area contributed by atoms with Gasteiger partial charge in [0.05, 0.1) is 0 Å². The van der Waals surface area contributed by atoms with Gasteiger partial charge in [-0.25, -0.2) is 9.97 Å². The molecule has 2 aromatic heterocycles. The van der Waals surface area contributed by atoms with Gasteiger partial charge in [0.25, 0.3) is 0 Å². The minimum Gasteiger partial charge on any atom is -0.211 e. The molecule has 0 N–H and O–H groups in total. The zero-order valence-electron chi connectivity index (χ0n) is 10.2. The van der Waals surface area contributed by atoms with Gasteiger partial charge in [0.15, 0.2) is 5.16 Å². The molecule has 2 heterocycles. The highest BCUT2D eigenvalue weighted by Crippen LogP contribution is 2.34. The number of hydrogen-bond acceptors (Lipinski definition) is 4. The summed E-state index contributed by atoms with van der Waals surface area (Å²) in [5.41, 5.74) is 0. The summed E-state index contributed by atoms with van der Waals surface area (Å²) in [5, 5.41) is 2.36. The lowest BCUT2D eigenvalue weighted by Gasteiger charge is -1.99. The number of thiophene rings is 1. The van der Waals surface area contributed by atoms with Crippen molar-refractivity contribution in [3.63, 3.8) is 0 Å². The van der Waals surface area contributed by atoms with Crippen LogP contribution in [0.2, 0.25) is 5.15 Å². The van der Waals surface area contributed by atoms with E-state index in [4.69, 9.17) is 11.6 Å². The van der Waals surface area contributed by atoms with Crippen LogP contribution in [0.5, 0.6) is 0 Å². The lowest BCUT2D eigenvalue weighted by molar-refractivity contribution is 0.890. The SMILES string of the molecule is CCCSc1nc(Cl)c2cc(C(C)C)sc2n1. The van der Waals surface area contributed by atoms with E-state index in [2.05, 4.69) is 36.8 Å². The maximum absolute atomic E-state index is 6.20. The molecule has 5 heteroatoms. The first-order chi connectivity index (χ1) is 8.11. The second kappa shape index (κ2) is 5.55. The second-order valence-electron chi connectivity index (χ2n) is 4.17. The van der Waals surface area contributed by atoms with E-state index in [9.17, 15) is 0 Å². The predicted molar refractivity (Wildman–Crippen MR) is 77.5 cm³/mol. The van der Waals surface area contributed by atoms with Crippen LogP contribution < -0.4 is 0 Å². The summed E-state index contributed by atoms with van der Waals surface area (Å²) in [5.74, 6) is 1.54. The van der Waals surface area contributed by atoms with E-state index in [1.54, 1.807) is 23.1 Å². The van der Waals surface area contributed by atoms with Gasteiger partial charge in [-0.15, -0.1) is 11.3 Å². The van der Waals surface area contributed by atoms with Crippen molar-refractivity contribution in [1.82, 2.24) is 9.97 Å². The van der Waals surface area contributed by atoms with Crippen molar-refractivity contribution >= 4 is 44.9 Å². The van der Waals surface area contributed by atoms with Crippen LogP contribution in [0.4, 0.5) is 0 Å². The Labute approximate surface area is 115 Å². The van der Waals surface area contributed by atoms with Crippen LogP contribution >= 0.6 is 34.7 Å². The quantitative estimate of drug-likeness (QED) is 0.451. The molecule has 2 rings (SSSR count). The van der Waals surface area contributed by atoms with E-state index >= 15 is 0 Å². The fourth-order valence-electron chi connectivity index (χ4n) is 1.43. The van der Waals surface area contributed by atoms with Gasteiger partial charge in [-0.3, -0.25) is 0 Å². The van der Waals surface area contributed by atoms with Crippen LogP contribution in [0.3, 0.4) is 0 Å². The molecule has 2 aromatic rings. The molecule has 0 radical (unpaired) electrons. The van der Waals surface area contributed by atoms with Crippen LogP contribution in [0.15, 0.2) is 11.2 Å². The number of hydrogen-bond donors (Lipinski definition) is 0. The summed E-state index contributed by atoms with van der Waals surface area (Å²) in [6.07, 6.45) is 1.12. The van der Waals surface area contributed by atoms with E-state index in [1.165, 1.54) is 4.88 Å². The average molecular weight is 287 g/mol. The third-order valence-electron chi connectivity index (χ3n) is 2.35. The number of aromatic nitrogens is 2. The van der Waals surface area contributed by atoms with Crippen LogP contribution in [0.25, 0.3) is 10.2 Å². The van der Waals surface area contributed by atoms with E-state index < -0.39 is 0 Å². The molecule has 92 valence electrons. The molecule has 0 aliphatic carbocycles. The third kappa shape index (κ3) is 2.92. The molecule has 2 nitrogen and oxygen atoms in total. The fourth-order valence-corrected chi connectivity index (χ4v) is 3.55. The van der Waals surface area contributed by atoms with Crippen molar-refractivity contribution in [2.45, 2.75) is 38.3 Å². The summed E-state index contributed by atoms with van der Waals surface area (Å²) < 4.78 is 0. The zero-order valence-corrected chi connectivity index (χ0v) is 12.5. The molecule has 0 saturated heterocycles. The molecule has 0 spiro atoms. The maximum atomic E-state index is 6.20. The fraction of sp³-hybridized carbons (Fsp3) is 0.500. The minimum atomic E-state index is 0.511. The molecule has 0 bridgehead atoms. The van der Waals surface area contributed by atoms with Gasteiger partial charge in [0, 0.05) is 16.0 Å². The first kappa shape index (κ1) is 13.1. The Bertz CT molecular complexity index is 522. The molecule has 0 aliphatic heterocycles. The summed E-state index contributed by atoms with van der Waals surface area (Å²) in [6.45, 7) is 6.51. The standard InChI is InChI=1S/C12H15ClN2S2/c1-4-5-16-12-14-10(13)8-6-9(7(2)3)17-11(8)15-12/h6-7H,4-5H2,1-3H3. The zero-order chi connectivity index (χ0) is 12.4. The van der Waals surface area contributed by atoms with Gasteiger partial charge in [-0.2, -0.15) is 0 Å². The number of halogens is 1. The Morgan fingerprint density at radius 2 is 2.18 bits per heavy atom. The summed E-state index contributed by atoms with van der Waals surface area (Å²) in [6, 6.07) is 2.11. The van der Waals surface area contributed by atoms with E-state index in [1.807, 2.05) is 0 Å². The van der Waals surface area contributed by atoms with Gasteiger partial charge in [-0.1, -0.05) is 44.1 Å². The van der Waals surface area contributed by atoms with Gasteiger partial charge in [0.1, 0.15) is 9.98 Å². The van der Waals surface area contributed by atoms with Gasteiger partial charge < -0.3 is 0 Å². The highest BCUT2D eigenvalue weighted by molar-refractivity contribution is 7.99. The van der Waals surface area contributed by atoms with Crippen molar-refractivity contribution < 1.29 is 0 Å². The molecule has 0 saturated carbocycles. The topological polar surface area (TPSA) is 25.8 Å². The lowest BCUT2D eigenvalue weighted by Crippen LogP contribution is -1.88. The van der Waals surface area contributed by atoms with Crippen molar-refractivity contribution in [2.75, 3.05) is 5.75 Å². The van der Waals surface area contributed by atoms with Gasteiger partial charge in [0.2, 0.25) is 0 Å². The molecule has 0 amide bonds. The molecule has 0 unspecified atom stereocenters. The van der Waals surface area contributed by atoms with Gasteiger partial charge >= 0.3 is 0 Å². The normalized spacial score (nSPS) is 11.6. The molecule has 17 heavy (non-hydrogen) atoms. The Kier molecular flexibility index (Phi) is 4.28. The van der Waals surface area contributed by atoms with Crippen molar-refractivity contribution in [1.29, 1.82) is 0 Å². The van der Waals surface area contributed by atoms with Crippen LogP contribution in [0, 0.1) is 0 Å². The van der Waals surface area contributed by atoms with E-state index in [0.717, 1.165) is 27.5 Å². The number of thioether (sulfide) groups is 1. The molecule has 0 aromatic carbocycles. The number of nitrogens with zero attached hydrogens (tertiary/aromatic N) is 2. The van der Waals surface area contributed by atoms with E-state index in [-0.39, 0.29) is 0 Å². The molecular weight excluding hydrogens is 272 g/mol. The molecular formula is C12H15ClN2S2. The second-order valence-corrected chi connectivity index (χ2v) is 6.65. The maximum Gasteiger partial charge on any atom is 0.190 e. The van der Waals surface area contributed by atoms with Crippen LogP contribution in [-0.2, 0) is 0 Å². The van der Waals surface area contributed by atoms with E-state index in [0.29, 0.717) is 11.1 Å². The van der Waals surface area contributed by atoms with Crippen LogP contribution in [0.1, 0.15) is 38.0 Å². The lowest BCUT2D eigenvalue weighted by atomic mass is 10.2. The highest BCUT2D eigenvalue weighted by Gasteiger charge is 2.12. The van der Waals surface area contributed by atoms with Gasteiger partial charge in [-0.05, 0) is 18.4 Å². The Hall–Kier alpha value is -0.320. The number of fused-ring (bicyclic) bond motifs is 1. The molecule has 0 atom stereocenters. The van der Waals surface area contributed by atoms with Crippen LogP contribution in [-0.4, -0.2) is 15.7 Å². The molecule has 0 fully saturated rings. The Balaban J connectivity index is 2.42.